The molecule has 7 heteroatoms. The highest BCUT2D eigenvalue weighted by molar-refractivity contribution is 7.94. The lowest BCUT2D eigenvalue weighted by atomic mass is 9.41. The van der Waals surface area contributed by atoms with Crippen LogP contribution in [0.1, 0.15) is 44.9 Å². The molecule has 4 bridgehead atoms. The molecule has 0 unspecified atom stereocenters. The molecule has 29 heavy (non-hydrogen) atoms. The average molecular weight is 422 g/mol. The van der Waals surface area contributed by atoms with Crippen LogP contribution in [0.4, 0.5) is 0 Å². The van der Waals surface area contributed by atoms with Gasteiger partial charge < -0.3 is 15.1 Å². The lowest BCUT2D eigenvalue weighted by Gasteiger charge is -2.64. The monoisotopic (exact) mass is 421 g/mol. The number of β-amino-alcohol motifs (C(OH)–C–C–N with tert-alkyl or cyclic N) is 1. The maximum absolute atomic E-state index is 13.1. The summed E-state index contributed by atoms with van der Waals surface area (Å²) in [6.45, 7) is 0.844. The third-order valence-electron chi connectivity index (χ3n) is 8.62. The van der Waals surface area contributed by atoms with Crippen molar-refractivity contribution in [1.29, 1.82) is 0 Å². The van der Waals surface area contributed by atoms with Crippen LogP contribution < -0.4 is 0 Å². The topological polar surface area (TPSA) is 94.9 Å². The quantitative estimate of drug-likeness (QED) is 0.720. The number of hydrogen-bond acceptors (Lipinski definition) is 5. The van der Waals surface area contributed by atoms with Gasteiger partial charge in [0.1, 0.15) is 0 Å². The molecule has 2 N–H and O–H groups in total. The number of carbonyl (C=O) groups is 1. The maximum atomic E-state index is 13.1. The van der Waals surface area contributed by atoms with Crippen molar-refractivity contribution in [3.63, 3.8) is 0 Å². The molecule has 0 aromatic rings. The normalized spacial score (nSPS) is 41.8. The van der Waals surface area contributed by atoms with Crippen LogP contribution >= 0.6 is 0 Å². The first-order valence-electron chi connectivity index (χ1n) is 10.9. The van der Waals surface area contributed by atoms with E-state index in [2.05, 4.69) is 0 Å². The Labute approximate surface area is 172 Å². The van der Waals surface area contributed by atoms with Gasteiger partial charge in [-0.05, 0) is 68.3 Å². The van der Waals surface area contributed by atoms with Gasteiger partial charge >= 0.3 is 0 Å². The molecule has 5 fully saturated rings. The Morgan fingerprint density at radius 2 is 1.66 bits per heavy atom. The lowest BCUT2D eigenvalue weighted by Crippen LogP contribution is -2.61. The van der Waals surface area contributed by atoms with Crippen LogP contribution in [-0.2, 0) is 14.6 Å². The molecule has 0 radical (unpaired) electrons. The minimum atomic E-state index is -3.18. The molecular formula is C22H31NO5S. The fourth-order valence-corrected chi connectivity index (χ4v) is 8.01. The second-order valence-corrected chi connectivity index (χ2v) is 12.2. The summed E-state index contributed by atoms with van der Waals surface area (Å²) in [6.07, 6.45) is 9.93. The highest BCUT2D eigenvalue weighted by Crippen LogP contribution is 2.67. The second kappa shape index (κ2) is 6.66. The molecule has 1 saturated heterocycles. The first-order chi connectivity index (χ1) is 13.7. The van der Waals surface area contributed by atoms with Gasteiger partial charge in [0.2, 0.25) is 5.91 Å². The van der Waals surface area contributed by atoms with E-state index in [0.717, 1.165) is 25.7 Å². The minimum absolute atomic E-state index is 0.113. The van der Waals surface area contributed by atoms with E-state index in [1.54, 1.807) is 11.0 Å². The number of aliphatic hydroxyl groups excluding tert-OH is 2. The van der Waals surface area contributed by atoms with E-state index >= 15 is 0 Å². The van der Waals surface area contributed by atoms with Crippen molar-refractivity contribution in [1.82, 2.24) is 4.90 Å². The van der Waals surface area contributed by atoms with Crippen molar-refractivity contribution in [2.45, 2.75) is 57.2 Å². The zero-order chi connectivity index (χ0) is 20.6. The zero-order valence-electron chi connectivity index (χ0n) is 17.0. The Balaban J connectivity index is 1.50. The van der Waals surface area contributed by atoms with Gasteiger partial charge in [-0.3, -0.25) is 4.79 Å². The third-order valence-corrected chi connectivity index (χ3v) is 9.91. The largest absolute Gasteiger partial charge is 0.393 e. The Bertz CT molecular complexity index is 853. The molecule has 1 amide bonds. The number of carbonyl (C=O) groups excluding carboxylic acids is 1. The summed E-state index contributed by atoms with van der Waals surface area (Å²) in [7, 11) is -3.18. The standard InChI is InChI=1S/C22H31NO5S/c1-29(27,28)19-4-2-15(3-5-19)22(10-20(25)23-11-18(24)12-23)16-6-13-7-17(22)9-14(8-16)21(13)26/h2,4,13-14,16-18,21,24,26H,3,5-12H2,1H3. The molecule has 1 heterocycles. The van der Waals surface area contributed by atoms with Crippen molar-refractivity contribution in [2.24, 2.45) is 29.1 Å². The number of hydrogen-bond donors (Lipinski definition) is 2. The van der Waals surface area contributed by atoms with Gasteiger partial charge in [-0.25, -0.2) is 8.42 Å². The van der Waals surface area contributed by atoms with Crippen molar-refractivity contribution in [3.05, 3.63) is 22.6 Å². The summed E-state index contributed by atoms with van der Waals surface area (Å²) in [4.78, 5) is 15.4. The van der Waals surface area contributed by atoms with Gasteiger partial charge in [0, 0.05) is 36.1 Å². The van der Waals surface area contributed by atoms with Crippen molar-refractivity contribution < 1.29 is 23.4 Å². The molecule has 6 rings (SSSR count). The Hall–Kier alpha value is -1.18. The van der Waals surface area contributed by atoms with Gasteiger partial charge in [-0.2, -0.15) is 0 Å². The van der Waals surface area contributed by atoms with Crippen LogP contribution in [0.15, 0.2) is 22.6 Å². The molecule has 0 aromatic heterocycles. The zero-order valence-corrected chi connectivity index (χ0v) is 17.8. The molecular weight excluding hydrogens is 390 g/mol. The Morgan fingerprint density at radius 3 is 2.10 bits per heavy atom. The highest BCUT2D eigenvalue weighted by atomic mass is 32.2. The minimum Gasteiger partial charge on any atom is -0.393 e. The summed E-state index contributed by atoms with van der Waals surface area (Å²) >= 11 is 0. The average Bonchev–Trinajstić information content (AvgIpc) is 2.63. The number of amides is 1. The second-order valence-electron chi connectivity index (χ2n) is 10.1. The fourth-order valence-electron chi connectivity index (χ4n) is 7.23. The molecule has 5 aliphatic carbocycles. The predicted molar refractivity (Wildman–Crippen MR) is 108 cm³/mol. The molecule has 160 valence electrons. The van der Waals surface area contributed by atoms with Crippen LogP contribution in [0.5, 0.6) is 0 Å². The third kappa shape index (κ3) is 3.03. The number of likely N-dealkylation sites (tertiary alicyclic amines) is 1. The van der Waals surface area contributed by atoms with E-state index in [-0.39, 0.29) is 17.4 Å². The molecule has 4 saturated carbocycles. The van der Waals surface area contributed by atoms with Gasteiger partial charge in [-0.1, -0.05) is 11.6 Å². The summed E-state index contributed by atoms with van der Waals surface area (Å²) < 4.78 is 23.9. The number of aliphatic hydroxyl groups is 2. The maximum Gasteiger partial charge on any atom is 0.223 e. The smallest absolute Gasteiger partial charge is 0.223 e. The molecule has 6 aliphatic rings. The number of allylic oxidation sites excluding steroid dienone is 4. The first kappa shape index (κ1) is 19.8. The van der Waals surface area contributed by atoms with Crippen molar-refractivity contribution in [3.8, 4) is 0 Å². The van der Waals surface area contributed by atoms with Crippen molar-refractivity contribution >= 4 is 15.7 Å². The molecule has 0 spiro atoms. The van der Waals surface area contributed by atoms with Crippen LogP contribution in [0.25, 0.3) is 0 Å². The molecule has 1 aliphatic heterocycles. The van der Waals surface area contributed by atoms with E-state index in [4.69, 9.17) is 0 Å². The van der Waals surface area contributed by atoms with Gasteiger partial charge in [0.05, 0.1) is 12.2 Å². The van der Waals surface area contributed by atoms with E-state index in [9.17, 15) is 23.4 Å². The predicted octanol–water partition coefficient (Wildman–Crippen LogP) is 1.64. The highest BCUT2D eigenvalue weighted by Gasteiger charge is 2.61. The molecule has 0 aromatic carbocycles. The first-order valence-corrected chi connectivity index (χ1v) is 12.8. The Morgan fingerprint density at radius 1 is 1.07 bits per heavy atom. The van der Waals surface area contributed by atoms with E-state index in [1.165, 1.54) is 11.8 Å². The van der Waals surface area contributed by atoms with E-state index < -0.39 is 15.9 Å². The SMILES string of the molecule is CS(=O)(=O)C1=CC=C(C2(CC(=O)N3CC(O)C3)C3CC4CC2CC(C3)C4O)CC1. The summed E-state index contributed by atoms with van der Waals surface area (Å²) in [6, 6.07) is 0. The van der Waals surface area contributed by atoms with Crippen LogP contribution in [0.2, 0.25) is 0 Å². The fraction of sp³-hybridized carbons (Fsp3) is 0.773. The summed E-state index contributed by atoms with van der Waals surface area (Å²) in [5, 5.41) is 20.2. The summed E-state index contributed by atoms with van der Waals surface area (Å²) in [5.41, 5.74) is 1.02. The van der Waals surface area contributed by atoms with Crippen LogP contribution in [0.3, 0.4) is 0 Å². The number of nitrogens with zero attached hydrogens (tertiary/aromatic N) is 1. The van der Waals surface area contributed by atoms with Gasteiger partial charge in [-0.15, -0.1) is 0 Å². The van der Waals surface area contributed by atoms with Gasteiger partial charge in [0.15, 0.2) is 9.84 Å². The van der Waals surface area contributed by atoms with E-state index in [0.29, 0.717) is 60.9 Å². The lowest BCUT2D eigenvalue weighted by molar-refractivity contribution is -0.169. The molecule has 6 nitrogen and oxygen atoms in total. The van der Waals surface area contributed by atoms with Crippen molar-refractivity contribution in [2.75, 3.05) is 19.3 Å². The Kier molecular flexibility index (Phi) is 4.54. The molecule has 0 atom stereocenters. The van der Waals surface area contributed by atoms with E-state index in [1.807, 2.05) is 6.08 Å². The van der Waals surface area contributed by atoms with Crippen LogP contribution in [-0.4, -0.2) is 61.0 Å². The number of sulfone groups is 1. The number of rotatable bonds is 4. The van der Waals surface area contributed by atoms with Crippen LogP contribution in [0, 0.1) is 29.1 Å². The van der Waals surface area contributed by atoms with Gasteiger partial charge in [0.25, 0.3) is 0 Å². The summed E-state index contributed by atoms with van der Waals surface area (Å²) in [5.74, 6) is 1.56.